The van der Waals surface area contributed by atoms with E-state index in [0.717, 1.165) is 5.56 Å². The standard InChI is InChI=1S/C11H12BrF3O2/c1-16-9-2-3-10(8(6-9)7-12)17-5-4-11(13,14)15/h2-3,6H,4-5,7H2,1H3. The summed E-state index contributed by atoms with van der Waals surface area (Å²) in [5.74, 6) is 1.08. The molecular formula is C11H12BrF3O2. The maximum absolute atomic E-state index is 12.0. The maximum atomic E-state index is 12.0. The molecule has 0 aliphatic rings. The van der Waals surface area contributed by atoms with Crippen LogP contribution in [-0.4, -0.2) is 19.9 Å². The molecule has 0 radical (unpaired) electrons. The van der Waals surface area contributed by atoms with Crippen molar-refractivity contribution in [2.75, 3.05) is 13.7 Å². The topological polar surface area (TPSA) is 18.5 Å². The van der Waals surface area contributed by atoms with Crippen LogP contribution >= 0.6 is 15.9 Å². The van der Waals surface area contributed by atoms with Crippen LogP contribution < -0.4 is 9.47 Å². The van der Waals surface area contributed by atoms with Crippen molar-refractivity contribution in [2.45, 2.75) is 17.9 Å². The lowest BCUT2D eigenvalue weighted by molar-refractivity contribution is -0.139. The van der Waals surface area contributed by atoms with E-state index in [4.69, 9.17) is 9.47 Å². The van der Waals surface area contributed by atoms with E-state index in [1.54, 1.807) is 18.2 Å². The number of rotatable bonds is 5. The molecule has 0 aliphatic heterocycles. The Labute approximate surface area is 106 Å². The average Bonchev–Trinajstić information content (AvgIpc) is 2.27. The van der Waals surface area contributed by atoms with Gasteiger partial charge in [0.05, 0.1) is 20.1 Å². The Kier molecular flexibility index (Phi) is 5.11. The number of alkyl halides is 4. The number of halogens is 4. The summed E-state index contributed by atoms with van der Waals surface area (Å²) in [4.78, 5) is 0. The summed E-state index contributed by atoms with van der Waals surface area (Å²) >= 11 is 3.25. The zero-order valence-corrected chi connectivity index (χ0v) is 10.8. The van der Waals surface area contributed by atoms with Crippen molar-refractivity contribution in [1.29, 1.82) is 0 Å². The predicted molar refractivity (Wildman–Crippen MR) is 61.8 cm³/mol. The van der Waals surface area contributed by atoms with Gasteiger partial charge in [0.25, 0.3) is 0 Å². The van der Waals surface area contributed by atoms with Gasteiger partial charge in [0.1, 0.15) is 11.5 Å². The molecule has 6 heteroatoms. The SMILES string of the molecule is COc1ccc(OCCC(F)(F)F)c(CBr)c1. The van der Waals surface area contributed by atoms with Gasteiger partial charge >= 0.3 is 6.18 Å². The van der Waals surface area contributed by atoms with Crippen molar-refractivity contribution in [3.8, 4) is 11.5 Å². The van der Waals surface area contributed by atoms with E-state index in [2.05, 4.69) is 15.9 Å². The van der Waals surface area contributed by atoms with Gasteiger partial charge in [-0.3, -0.25) is 0 Å². The average molecular weight is 313 g/mol. The van der Waals surface area contributed by atoms with E-state index < -0.39 is 12.6 Å². The molecule has 1 rings (SSSR count). The monoisotopic (exact) mass is 312 g/mol. The zero-order valence-electron chi connectivity index (χ0n) is 9.18. The van der Waals surface area contributed by atoms with E-state index in [-0.39, 0.29) is 6.61 Å². The Morgan fingerprint density at radius 2 is 2.00 bits per heavy atom. The van der Waals surface area contributed by atoms with Crippen LogP contribution in [0.5, 0.6) is 11.5 Å². The maximum Gasteiger partial charge on any atom is 0.392 e. The quantitative estimate of drug-likeness (QED) is 0.767. The van der Waals surface area contributed by atoms with Gasteiger partial charge < -0.3 is 9.47 Å². The van der Waals surface area contributed by atoms with Gasteiger partial charge in [-0.2, -0.15) is 13.2 Å². The van der Waals surface area contributed by atoms with Crippen LogP contribution in [0.1, 0.15) is 12.0 Å². The van der Waals surface area contributed by atoms with Crippen LogP contribution in [0.2, 0.25) is 0 Å². The molecule has 0 heterocycles. The molecule has 0 saturated carbocycles. The van der Waals surface area contributed by atoms with Crippen molar-refractivity contribution in [1.82, 2.24) is 0 Å². The van der Waals surface area contributed by atoms with E-state index >= 15 is 0 Å². The van der Waals surface area contributed by atoms with Crippen LogP contribution in [0.3, 0.4) is 0 Å². The Morgan fingerprint density at radius 3 is 2.53 bits per heavy atom. The second-order valence-electron chi connectivity index (χ2n) is 3.32. The number of hydrogen-bond donors (Lipinski definition) is 0. The normalized spacial score (nSPS) is 11.4. The summed E-state index contributed by atoms with van der Waals surface area (Å²) < 4.78 is 46.0. The molecule has 0 aliphatic carbocycles. The lowest BCUT2D eigenvalue weighted by Gasteiger charge is -2.12. The van der Waals surface area contributed by atoms with Crippen molar-refractivity contribution in [2.24, 2.45) is 0 Å². The third-order valence-electron chi connectivity index (χ3n) is 2.05. The first-order valence-electron chi connectivity index (χ1n) is 4.88. The van der Waals surface area contributed by atoms with Crippen LogP contribution in [-0.2, 0) is 5.33 Å². The molecule has 96 valence electrons. The molecule has 0 N–H and O–H groups in total. The molecule has 0 unspecified atom stereocenters. The highest BCUT2D eigenvalue weighted by molar-refractivity contribution is 9.08. The second kappa shape index (κ2) is 6.14. The van der Waals surface area contributed by atoms with Gasteiger partial charge in [-0.25, -0.2) is 0 Å². The predicted octanol–water partition coefficient (Wildman–Crippen LogP) is 3.92. The zero-order chi connectivity index (χ0) is 12.9. The Balaban J connectivity index is 2.64. The first kappa shape index (κ1) is 14.2. The molecule has 0 aromatic heterocycles. The van der Waals surface area contributed by atoms with Crippen molar-refractivity contribution < 1.29 is 22.6 Å². The summed E-state index contributed by atoms with van der Waals surface area (Å²) in [6.45, 7) is -0.379. The second-order valence-corrected chi connectivity index (χ2v) is 3.88. The molecule has 0 spiro atoms. The third-order valence-corrected chi connectivity index (χ3v) is 2.66. The molecule has 1 aromatic rings. The van der Waals surface area contributed by atoms with Crippen molar-refractivity contribution in [3.63, 3.8) is 0 Å². The van der Waals surface area contributed by atoms with E-state index in [1.807, 2.05) is 0 Å². The minimum absolute atomic E-state index is 0.379. The fourth-order valence-corrected chi connectivity index (χ4v) is 1.64. The summed E-state index contributed by atoms with van der Waals surface area (Å²) in [6, 6.07) is 4.97. The van der Waals surface area contributed by atoms with Gasteiger partial charge in [0.2, 0.25) is 0 Å². The molecular weight excluding hydrogens is 301 g/mol. The van der Waals surface area contributed by atoms with Crippen LogP contribution in [0, 0.1) is 0 Å². The van der Waals surface area contributed by atoms with Crippen molar-refractivity contribution in [3.05, 3.63) is 23.8 Å². The molecule has 0 bridgehead atoms. The molecule has 0 saturated heterocycles. The summed E-state index contributed by atoms with van der Waals surface area (Å²) in [6.07, 6.45) is -5.15. The van der Waals surface area contributed by atoms with Crippen LogP contribution in [0.4, 0.5) is 13.2 Å². The molecule has 0 atom stereocenters. The molecule has 1 aromatic carbocycles. The van der Waals surface area contributed by atoms with E-state index in [1.165, 1.54) is 7.11 Å². The Bertz CT molecular complexity index is 366. The first-order chi connectivity index (χ1) is 7.96. The van der Waals surface area contributed by atoms with Crippen molar-refractivity contribution >= 4 is 15.9 Å². The number of methoxy groups -OCH3 is 1. The van der Waals surface area contributed by atoms with Crippen LogP contribution in [0.25, 0.3) is 0 Å². The number of benzene rings is 1. The minimum atomic E-state index is -4.19. The van der Waals surface area contributed by atoms with E-state index in [0.29, 0.717) is 16.8 Å². The van der Waals surface area contributed by atoms with E-state index in [9.17, 15) is 13.2 Å². The summed E-state index contributed by atoms with van der Waals surface area (Å²) in [7, 11) is 1.53. The van der Waals surface area contributed by atoms with Gasteiger partial charge in [0, 0.05) is 10.9 Å². The van der Waals surface area contributed by atoms with Gasteiger partial charge in [0.15, 0.2) is 0 Å². The summed E-state index contributed by atoms with van der Waals surface area (Å²) in [5.41, 5.74) is 0.756. The van der Waals surface area contributed by atoms with Gasteiger partial charge in [-0.1, -0.05) is 15.9 Å². The Hall–Kier alpha value is -0.910. The first-order valence-corrected chi connectivity index (χ1v) is 6.01. The molecule has 17 heavy (non-hydrogen) atoms. The molecule has 0 fully saturated rings. The largest absolute Gasteiger partial charge is 0.497 e. The molecule has 0 amide bonds. The molecule has 2 nitrogen and oxygen atoms in total. The minimum Gasteiger partial charge on any atom is -0.497 e. The third kappa shape index (κ3) is 4.85. The fourth-order valence-electron chi connectivity index (χ4n) is 1.20. The van der Waals surface area contributed by atoms with Crippen LogP contribution in [0.15, 0.2) is 18.2 Å². The van der Waals surface area contributed by atoms with Gasteiger partial charge in [-0.05, 0) is 18.2 Å². The smallest absolute Gasteiger partial charge is 0.392 e. The highest BCUT2D eigenvalue weighted by atomic mass is 79.9. The Morgan fingerprint density at radius 1 is 1.29 bits per heavy atom. The summed E-state index contributed by atoms with van der Waals surface area (Å²) in [5, 5.41) is 0.492. The van der Waals surface area contributed by atoms with Gasteiger partial charge in [-0.15, -0.1) is 0 Å². The lowest BCUT2D eigenvalue weighted by atomic mass is 10.2. The lowest BCUT2D eigenvalue weighted by Crippen LogP contribution is -2.13. The highest BCUT2D eigenvalue weighted by Crippen LogP contribution is 2.27. The number of ether oxygens (including phenoxy) is 2. The highest BCUT2D eigenvalue weighted by Gasteiger charge is 2.26. The fraction of sp³-hybridized carbons (Fsp3) is 0.455. The number of hydrogen-bond acceptors (Lipinski definition) is 2.